The van der Waals surface area contributed by atoms with Crippen LogP contribution in [0.1, 0.15) is 20.8 Å². The Hall–Kier alpha value is -1.59. The van der Waals surface area contributed by atoms with E-state index >= 15 is 0 Å². The Labute approximate surface area is 88.6 Å². The van der Waals surface area contributed by atoms with Crippen molar-refractivity contribution >= 4 is 17.7 Å². The first kappa shape index (κ1) is 13.4. The Balaban J connectivity index is 3.85. The molecule has 0 atom stereocenters. The Kier molecular flexibility index (Phi) is 6.96. The molecule has 0 aliphatic carbocycles. The van der Waals surface area contributed by atoms with E-state index in [9.17, 15) is 9.59 Å². The summed E-state index contributed by atoms with van der Waals surface area (Å²) in [5, 5.41) is 3.66. The summed E-state index contributed by atoms with van der Waals surface area (Å²) in [6, 6.07) is 0. The molecule has 0 aromatic carbocycles. The molecule has 0 saturated carbocycles. The number of hydrogen-bond donors (Lipinski definition) is 1. The molecule has 0 rings (SSSR count). The van der Waals surface area contributed by atoms with Crippen LogP contribution in [-0.4, -0.2) is 37.4 Å². The summed E-state index contributed by atoms with van der Waals surface area (Å²) >= 11 is 0. The fourth-order valence-corrected chi connectivity index (χ4v) is 0.716. The molecular weight excluding hydrogens is 200 g/mol. The summed E-state index contributed by atoms with van der Waals surface area (Å²) in [4.78, 5) is 21.9. The highest BCUT2D eigenvalue weighted by molar-refractivity contribution is 6.35. The monoisotopic (exact) mass is 216 g/mol. The fraction of sp³-hybridized carbons (Fsp3) is 0.667. The highest BCUT2D eigenvalue weighted by Crippen LogP contribution is 1.83. The lowest BCUT2D eigenvalue weighted by atomic mass is 10.4. The molecule has 0 unspecified atom stereocenters. The number of rotatable bonds is 6. The number of ether oxygens (including phenoxy) is 2. The van der Waals surface area contributed by atoms with Crippen molar-refractivity contribution in [1.82, 2.24) is 5.43 Å². The van der Waals surface area contributed by atoms with Crippen molar-refractivity contribution in [2.24, 2.45) is 5.10 Å². The van der Waals surface area contributed by atoms with Crippen LogP contribution in [0.15, 0.2) is 5.10 Å². The molecule has 0 aliphatic heterocycles. The highest BCUT2D eigenvalue weighted by atomic mass is 16.5. The molecule has 0 aromatic heterocycles. The molecule has 15 heavy (non-hydrogen) atoms. The number of nitrogens with zero attached hydrogens (tertiary/aromatic N) is 1. The van der Waals surface area contributed by atoms with E-state index in [2.05, 4.69) is 20.0 Å². The number of esters is 2. The molecular formula is C9H16N2O4. The predicted molar refractivity (Wildman–Crippen MR) is 54.4 cm³/mol. The number of carbonyl (C=O) groups is 2. The molecule has 0 saturated heterocycles. The van der Waals surface area contributed by atoms with Gasteiger partial charge in [-0.05, 0) is 20.8 Å². The van der Waals surface area contributed by atoms with Gasteiger partial charge in [-0.25, -0.2) is 4.79 Å². The van der Waals surface area contributed by atoms with E-state index in [0.29, 0.717) is 13.2 Å². The summed E-state index contributed by atoms with van der Waals surface area (Å²) in [7, 11) is 0. The third-order valence-corrected chi connectivity index (χ3v) is 1.35. The minimum absolute atomic E-state index is 0.0649. The van der Waals surface area contributed by atoms with Crippen molar-refractivity contribution in [3.05, 3.63) is 0 Å². The van der Waals surface area contributed by atoms with Gasteiger partial charge in [-0.1, -0.05) is 0 Å². The zero-order chi connectivity index (χ0) is 11.7. The van der Waals surface area contributed by atoms with Crippen LogP contribution < -0.4 is 5.43 Å². The SMILES string of the molecule is CCOC(=O)CN/N=C(/C)C(=O)OCC. The lowest BCUT2D eigenvalue weighted by molar-refractivity contribution is -0.142. The van der Waals surface area contributed by atoms with E-state index < -0.39 is 11.9 Å². The number of hydrogen-bond acceptors (Lipinski definition) is 6. The summed E-state index contributed by atoms with van der Waals surface area (Å²) in [5.41, 5.74) is 2.59. The van der Waals surface area contributed by atoms with E-state index in [1.807, 2.05) is 0 Å². The largest absolute Gasteiger partial charge is 0.465 e. The van der Waals surface area contributed by atoms with Gasteiger partial charge in [0.05, 0.1) is 13.2 Å². The van der Waals surface area contributed by atoms with Crippen molar-refractivity contribution in [2.45, 2.75) is 20.8 Å². The van der Waals surface area contributed by atoms with E-state index in [1.54, 1.807) is 13.8 Å². The van der Waals surface area contributed by atoms with Gasteiger partial charge in [-0.2, -0.15) is 5.10 Å². The maximum absolute atomic E-state index is 11.0. The van der Waals surface area contributed by atoms with Crippen LogP contribution >= 0.6 is 0 Å². The quantitative estimate of drug-likeness (QED) is 0.386. The normalized spacial score (nSPS) is 10.7. The maximum Gasteiger partial charge on any atom is 0.354 e. The van der Waals surface area contributed by atoms with Crippen molar-refractivity contribution in [3.8, 4) is 0 Å². The van der Waals surface area contributed by atoms with Gasteiger partial charge in [0.15, 0.2) is 0 Å². The molecule has 0 aromatic rings. The van der Waals surface area contributed by atoms with Gasteiger partial charge >= 0.3 is 11.9 Å². The second kappa shape index (κ2) is 7.78. The van der Waals surface area contributed by atoms with Gasteiger partial charge in [0, 0.05) is 0 Å². The number of hydrazone groups is 1. The number of nitrogens with one attached hydrogen (secondary N) is 1. The zero-order valence-electron chi connectivity index (χ0n) is 9.20. The summed E-state index contributed by atoms with van der Waals surface area (Å²) < 4.78 is 9.33. The molecule has 6 heteroatoms. The maximum atomic E-state index is 11.0. The predicted octanol–water partition coefficient (Wildman–Crippen LogP) is 0.0781. The lowest BCUT2D eigenvalue weighted by Gasteiger charge is -2.03. The van der Waals surface area contributed by atoms with Gasteiger partial charge in [-0.15, -0.1) is 0 Å². The van der Waals surface area contributed by atoms with Crippen molar-refractivity contribution in [1.29, 1.82) is 0 Å². The first-order chi connectivity index (χ1) is 7.11. The van der Waals surface area contributed by atoms with Crippen LogP contribution in [0.25, 0.3) is 0 Å². The molecule has 0 radical (unpaired) electrons. The first-order valence-electron chi connectivity index (χ1n) is 4.71. The average Bonchev–Trinajstić information content (AvgIpc) is 2.18. The van der Waals surface area contributed by atoms with Crippen LogP contribution in [0.3, 0.4) is 0 Å². The Bertz CT molecular complexity index is 250. The molecule has 0 fully saturated rings. The molecule has 86 valence electrons. The molecule has 6 nitrogen and oxygen atoms in total. The smallest absolute Gasteiger partial charge is 0.354 e. The van der Waals surface area contributed by atoms with Gasteiger partial charge in [0.1, 0.15) is 12.3 Å². The van der Waals surface area contributed by atoms with Crippen LogP contribution in [0.5, 0.6) is 0 Å². The lowest BCUT2D eigenvalue weighted by Crippen LogP contribution is -2.24. The summed E-state index contributed by atoms with van der Waals surface area (Å²) in [6.45, 7) is 5.47. The Morgan fingerprint density at radius 1 is 1.20 bits per heavy atom. The van der Waals surface area contributed by atoms with Crippen LogP contribution in [0.2, 0.25) is 0 Å². The van der Waals surface area contributed by atoms with Gasteiger partial charge < -0.3 is 9.47 Å². The van der Waals surface area contributed by atoms with Gasteiger partial charge in [0.2, 0.25) is 0 Å². The molecule has 0 spiro atoms. The molecule has 1 N–H and O–H groups in total. The molecule has 0 aliphatic rings. The fourth-order valence-electron chi connectivity index (χ4n) is 0.716. The standard InChI is InChI=1S/C9H16N2O4/c1-4-14-8(12)6-10-11-7(3)9(13)15-5-2/h10H,4-6H2,1-3H3/b11-7-. The third kappa shape index (κ3) is 6.48. The van der Waals surface area contributed by atoms with E-state index in [0.717, 1.165) is 0 Å². The van der Waals surface area contributed by atoms with E-state index in [1.165, 1.54) is 6.92 Å². The number of carbonyl (C=O) groups excluding carboxylic acids is 2. The van der Waals surface area contributed by atoms with E-state index in [-0.39, 0.29) is 12.3 Å². The molecule has 0 bridgehead atoms. The van der Waals surface area contributed by atoms with Crippen LogP contribution in [-0.2, 0) is 19.1 Å². The molecule has 0 amide bonds. The van der Waals surface area contributed by atoms with Gasteiger partial charge in [0.25, 0.3) is 0 Å². The molecule has 0 heterocycles. The Morgan fingerprint density at radius 3 is 2.33 bits per heavy atom. The minimum atomic E-state index is -0.506. The summed E-state index contributed by atoms with van der Waals surface area (Å²) in [5.74, 6) is -0.924. The second-order valence-electron chi connectivity index (χ2n) is 2.56. The Morgan fingerprint density at radius 2 is 1.80 bits per heavy atom. The van der Waals surface area contributed by atoms with Crippen LogP contribution in [0, 0.1) is 0 Å². The zero-order valence-corrected chi connectivity index (χ0v) is 9.20. The average molecular weight is 216 g/mol. The van der Waals surface area contributed by atoms with Crippen LogP contribution in [0.4, 0.5) is 0 Å². The van der Waals surface area contributed by atoms with E-state index in [4.69, 9.17) is 0 Å². The minimum Gasteiger partial charge on any atom is -0.465 e. The topological polar surface area (TPSA) is 77.0 Å². The van der Waals surface area contributed by atoms with Crippen molar-refractivity contribution in [2.75, 3.05) is 19.8 Å². The second-order valence-corrected chi connectivity index (χ2v) is 2.56. The summed E-state index contributed by atoms with van der Waals surface area (Å²) in [6.07, 6.45) is 0. The van der Waals surface area contributed by atoms with Crippen molar-refractivity contribution in [3.63, 3.8) is 0 Å². The van der Waals surface area contributed by atoms with Crippen molar-refractivity contribution < 1.29 is 19.1 Å². The third-order valence-electron chi connectivity index (χ3n) is 1.35. The van der Waals surface area contributed by atoms with Gasteiger partial charge in [-0.3, -0.25) is 10.2 Å². The first-order valence-corrected chi connectivity index (χ1v) is 4.71. The highest BCUT2D eigenvalue weighted by Gasteiger charge is 2.06.